The number of ether oxygens (including phenoxy) is 4. The second kappa shape index (κ2) is 7.98. The fourth-order valence-corrected chi connectivity index (χ4v) is 4.01. The highest BCUT2D eigenvalue weighted by molar-refractivity contribution is 5.59. The van der Waals surface area contributed by atoms with Crippen molar-refractivity contribution in [2.45, 2.75) is 25.9 Å². The number of piperidine rings is 1. The van der Waals surface area contributed by atoms with E-state index >= 15 is 0 Å². The normalized spacial score (nSPS) is 16.4. The third-order valence-corrected chi connectivity index (χ3v) is 5.60. The van der Waals surface area contributed by atoms with E-state index in [0.29, 0.717) is 30.4 Å². The summed E-state index contributed by atoms with van der Waals surface area (Å²) in [6, 6.07) is 7.20. The maximum atomic E-state index is 12.6. The molecule has 2 aromatic heterocycles. The molecule has 2 aliphatic heterocycles. The molecule has 2 aliphatic rings. The van der Waals surface area contributed by atoms with E-state index in [0.717, 1.165) is 48.7 Å². The van der Waals surface area contributed by atoms with Gasteiger partial charge in [-0.3, -0.25) is 4.79 Å². The minimum Gasteiger partial charge on any atom is -0.492 e. The van der Waals surface area contributed by atoms with Gasteiger partial charge in [-0.05, 0) is 19.1 Å². The molecular formula is C22H24N4O5. The number of fused-ring (bicyclic) bond motifs is 2. The predicted molar refractivity (Wildman–Crippen MR) is 114 cm³/mol. The van der Waals surface area contributed by atoms with Crippen LogP contribution in [0.3, 0.4) is 0 Å². The lowest BCUT2D eigenvalue weighted by atomic mass is 10.1. The van der Waals surface area contributed by atoms with Crippen LogP contribution in [0.2, 0.25) is 0 Å². The molecule has 3 aromatic rings. The third-order valence-electron chi connectivity index (χ3n) is 5.60. The van der Waals surface area contributed by atoms with Crippen LogP contribution in [0.15, 0.2) is 35.3 Å². The fraction of sp³-hybridized carbons (Fsp3) is 0.409. The lowest BCUT2D eigenvalue weighted by molar-refractivity contribution is 0.159. The zero-order valence-corrected chi connectivity index (χ0v) is 17.5. The van der Waals surface area contributed by atoms with E-state index in [1.807, 2.05) is 25.1 Å². The first-order valence-corrected chi connectivity index (χ1v) is 10.4. The minimum atomic E-state index is -0.229. The van der Waals surface area contributed by atoms with Crippen LogP contribution in [0.4, 0.5) is 5.82 Å². The number of nitrogens with zero attached hydrogens (tertiary/aromatic N) is 4. The number of aromatic nitrogens is 3. The van der Waals surface area contributed by atoms with Gasteiger partial charge in [0.15, 0.2) is 17.2 Å². The Hall–Kier alpha value is -3.49. The number of aryl methyl sites for hydroxylation is 1. The maximum absolute atomic E-state index is 12.6. The average Bonchev–Trinajstić information content (AvgIpc) is 2.79. The van der Waals surface area contributed by atoms with Crippen molar-refractivity contribution >= 4 is 11.5 Å². The number of anilines is 1. The van der Waals surface area contributed by atoms with Crippen LogP contribution in [-0.4, -0.2) is 54.1 Å². The van der Waals surface area contributed by atoms with Crippen molar-refractivity contribution in [3.05, 3.63) is 46.4 Å². The monoisotopic (exact) mass is 424 g/mol. The largest absolute Gasteiger partial charge is 0.492 e. The van der Waals surface area contributed by atoms with Gasteiger partial charge in [-0.1, -0.05) is 0 Å². The molecule has 0 saturated carbocycles. The van der Waals surface area contributed by atoms with Crippen molar-refractivity contribution in [3.63, 3.8) is 0 Å². The number of rotatable bonds is 4. The first-order chi connectivity index (χ1) is 15.1. The maximum Gasteiger partial charge on any atom is 0.276 e. The lowest BCUT2D eigenvalue weighted by Crippen LogP contribution is -2.39. The zero-order valence-electron chi connectivity index (χ0n) is 17.5. The average molecular weight is 424 g/mol. The van der Waals surface area contributed by atoms with Gasteiger partial charge in [-0.15, -0.1) is 0 Å². The van der Waals surface area contributed by atoms with Crippen LogP contribution in [0.5, 0.6) is 23.0 Å². The lowest BCUT2D eigenvalue weighted by Gasteiger charge is -2.33. The molecule has 1 aromatic carbocycles. The number of methoxy groups -OCH3 is 1. The van der Waals surface area contributed by atoms with Crippen molar-refractivity contribution in [1.29, 1.82) is 0 Å². The molecule has 0 amide bonds. The Balaban J connectivity index is 1.30. The van der Waals surface area contributed by atoms with Crippen molar-refractivity contribution in [3.8, 4) is 23.0 Å². The quantitative estimate of drug-likeness (QED) is 0.630. The molecule has 0 unspecified atom stereocenters. The second-order valence-corrected chi connectivity index (χ2v) is 7.66. The molecule has 9 heteroatoms. The van der Waals surface area contributed by atoms with E-state index in [4.69, 9.17) is 18.9 Å². The van der Waals surface area contributed by atoms with Gasteiger partial charge in [0.25, 0.3) is 5.56 Å². The van der Waals surface area contributed by atoms with Crippen LogP contribution in [0, 0.1) is 6.92 Å². The summed E-state index contributed by atoms with van der Waals surface area (Å²) >= 11 is 0. The molecule has 4 heterocycles. The summed E-state index contributed by atoms with van der Waals surface area (Å²) in [7, 11) is 1.57. The van der Waals surface area contributed by atoms with E-state index in [1.165, 1.54) is 10.6 Å². The third kappa shape index (κ3) is 3.71. The first kappa shape index (κ1) is 19.5. The summed E-state index contributed by atoms with van der Waals surface area (Å²) in [5.41, 5.74) is 1.03. The van der Waals surface area contributed by atoms with E-state index in [1.54, 1.807) is 13.3 Å². The summed E-state index contributed by atoms with van der Waals surface area (Å²) in [5, 5.41) is 4.17. The Morgan fingerprint density at radius 1 is 1.10 bits per heavy atom. The molecule has 1 saturated heterocycles. The van der Waals surface area contributed by atoms with Crippen molar-refractivity contribution in [2.75, 3.05) is 38.3 Å². The minimum absolute atomic E-state index is 0.0822. The molecule has 1 fully saturated rings. The van der Waals surface area contributed by atoms with Crippen molar-refractivity contribution in [2.24, 2.45) is 0 Å². The van der Waals surface area contributed by atoms with E-state index in [-0.39, 0.29) is 11.7 Å². The Bertz CT molecular complexity index is 1170. The molecule has 0 aliphatic carbocycles. The van der Waals surface area contributed by atoms with Crippen LogP contribution in [0.25, 0.3) is 5.65 Å². The smallest absolute Gasteiger partial charge is 0.276 e. The Labute approximate surface area is 179 Å². The van der Waals surface area contributed by atoms with Gasteiger partial charge < -0.3 is 23.8 Å². The van der Waals surface area contributed by atoms with E-state index < -0.39 is 0 Å². The topological polar surface area (TPSA) is 87.4 Å². The molecule has 0 spiro atoms. The molecule has 31 heavy (non-hydrogen) atoms. The van der Waals surface area contributed by atoms with Crippen molar-refractivity contribution < 1.29 is 18.9 Å². The van der Waals surface area contributed by atoms with Gasteiger partial charge >= 0.3 is 0 Å². The molecule has 0 bridgehead atoms. The molecule has 5 rings (SSSR count). The number of hydrogen-bond acceptors (Lipinski definition) is 8. The number of hydrogen-bond donors (Lipinski definition) is 0. The second-order valence-electron chi connectivity index (χ2n) is 7.66. The molecule has 0 atom stereocenters. The van der Waals surface area contributed by atoms with Gasteiger partial charge in [-0.2, -0.15) is 9.61 Å². The van der Waals surface area contributed by atoms with Gasteiger partial charge in [0.2, 0.25) is 5.65 Å². The zero-order chi connectivity index (χ0) is 21.4. The van der Waals surface area contributed by atoms with Crippen LogP contribution in [0.1, 0.15) is 18.4 Å². The molecule has 9 nitrogen and oxygen atoms in total. The summed E-state index contributed by atoms with van der Waals surface area (Å²) in [4.78, 5) is 19.4. The first-order valence-electron chi connectivity index (χ1n) is 10.4. The SMILES string of the molecule is COc1c(C)cnn2c(=O)cc(N3CCC(Oc4ccc5c(c4)OCCO5)CC3)nc12. The van der Waals surface area contributed by atoms with Gasteiger partial charge in [-0.25, -0.2) is 4.98 Å². The number of benzene rings is 1. The van der Waals surface area contributed by atoms with Crippen molar-refractivity contribution in [1.82, 2.24) is 14.6 Å². The summed E-state index contributed by atoms with van der Waals surface area (Å²) in [6.45, 7) is 4.47. The fourth-order valence-electron chi connectivity index (χ4n) is 4.01. The summed E-state index contributed by atoms with van der Waals surface area (Å²) < 4.78 is 24.1. The summed E-state index contributed by atoms with van der Waals surface area (Å²) in [6.07, 6.45) is 3.32. The highest BCUT2D eigenvalue weighted by Gasteiger charge is 2.24. The standard InChI is InChI=1S/C22H24N4O5/c1-14-13-23-26-20(27)12-19(24-22(26)21(14)28-2)25-7-5-15(6-8-25)31-16-3-4-17-18(11-16)30-10-9-29-17/h3-4,11-13,15H,5-10H2,1-2H3. The van der Waals surface area contributed by atoms with Gasteiger partial charge in [0.05, 0.1) is 13.3 Å². The highest BCUT2D eigenvalue weighted by atomic mass is 16.6. The van der Waals surface area contributed by atoms with E-state index in [9.17, 15) is 4.79 Å². The summed E-state index contributed by atoms with van der Waals surface area (Å²) in [5.74, 6) is 3.44. The molecule has 0 N–H and O–H groups in total. The Kier molecular flexibility index (Phi) is 5.01. The molecule has 162 valence electrons. The van der Waals surface area contributed by atoms with Crippen LogP contribution in [-0.2, 0) is 0 Å². The molecule has 0 radical (unpaired) electrons. The highest BCUT2D eigenvalue weighted by Crippen LogP contribution is 2.34. The Morgan fingerprint density at radius 3 is 2.65 bits per heavy atom. The van der Waals surface area contributed by atoms with Crippen LogP contribution < -0.4 is 29.4 Å². The van der Waals surface area contributed by atoms with Crippen LogP contribution >= 0.6 is 0 Å². The van der Waals surface area contributed by atoms with Gasteiger partial charge in [0, 0.05) is 43.6 Å². The Morgan fingerprint density at radius 2 is 1.87 bits per heavy atom. The van der Waals surface area contributed by atoms with Gasteiger partial charge in [0.1, 0.15) is 30.9 Å². The van der Waals surface area contributed by atoms with E-state index in [2.05, 4.69) is 15.0 Å². The predicted octanol–water partition coefficient (Wildman–Crippen LogP) is 2.23. The molecular weight excluding hydrogens is 400 g/mol.